The van der Waals surface area contributed by atoms with Gasteiger partial charge in [0.2, 0.25) is 17.6 Å². The fourth-order valence-electron chi connectivity index (χ4n) is 11.7. The molecule has 23 heteroatoms. The fourth-order valence-corrected chi connectivity index (χ4v) is 13.0. The van der Waals surface area contributed by atoms with Gasteiger partial charge in [-0.3, -0.25) is 43.4 Å². The molecule has 22 nitrogen and oxygen atoms in total. The van der Waals surface area contributed by atoms with Crippen LogP contribution in [-0.2, 0) is 58.9 Å². The summed E-state index contributed by atoms with van der Waals surface area (Å²) in [5, 5.41) is 56.1. The van der Waals surface area contributed by atoms with Crippen molar-refractivity contribution in [3.05, 3.63) is 51.6 Å². The highest BCUT2D eigenvalue weighted by Gasteiger charge is 2.57. The van der Waals surface area contributed by atoms with Crippen molar-refractivity contribution >= 4 is 52.7 Å². The summed E-state index contributed by atoms with van der Waals surface area (Å²) in [5.41, 5.74) is -4.61. The van der Waals surface area contributed by atoms with Crippen LogP contribution in [0.5, 0.6) is 17.2 Å². The van der Waals surface area contributed by atoms with Crippen LogP contribution in [0.2, 0.25) is 0 Å². The van der Waals surface area contributed by atoms with Gasteiger partial charge in [-0.05, 0) is 44.6 Å². The average molecular weight is 1010 g/mol. The molecule has 11 atom stereocenters. The van der Waals surface area contributed by atoms with E-state index in [1.54, 1.807) is 6.92 Å². The molecular weight excluding hydrogens is 955 g/mol. The largest absolute Gasteiger partial charge is 0.507 e. The number of rotatable bonds is 13. The second kappa shape index (κ2) is 19.2. The van der Waals surface area contributed by atoms with Crippen molar-refractivity contribution in [1.29, 1.82) is 0 Å². The smallest absolute Gasteiger partial charge is 0.254 e. The van der Waals surface area contributed by atoms with Crippen LogP contribution in [0.3, 0.4) is 0 Å². The monoisotopic (exact) mass is 1010 g/mol. The number of aliphatic hydroxyl groups excluding tert-OH is 2. The number of benzene rings is 2. The van der Waals surface area contributed by atoms with E-state index in [4.69, 9.17) is 33.3 Å². The Morgan fingerprint density at radius 1 is 0.930 bits per heavy atom. The summed E-state index contributed by atoms with van der Waals surface area (Å²) in [7, 11) is 2.77. The number of likely N-dealkylation sites (tertiary alicyclic amines) is 1. The maximum absolute atomic E-state index is 14.2. The maximum atomic E-state index is 14.2. The number of aliphatic hydroxyl groups is 3. The Bertz CT molecular complexity index is 2550. The molecule has 0 aromatic heterocycles. The minimum Gasteiger partial charge on any atom is -0.507 e. The van der Waals surface area contributed by atoms with Crippen molar-refractivity contribution in [3.8, 4) is 17.2 Å². The summed E-state index contributed by atoms with van der Waals surface area (Å²) in [5.74, 6) is -6.00. The number of nitrogens with zero attached hydrogens (tertiary/aromatic N) is 3. The SMILES string of the molecule is COc1cccc2c1C(=O)c1c(O)c3c(c(O)c1C2=O)C[C@@](O)(C(=O)CO)C[C@@H]3O[C@H]1C[C@H]2[C@H](O[C@@H]3[C@@H](OC)OC(SC4CC(=O)N(CC5CCC(C(O)ON6C(=O)CCC6=O)CC5)C4=O)CN32)[C@H](C)O1. The van der Waals surface area contributed by atoms with Gasteiger partial charge in [0.15, 0.2) is 36.7 Å². The first-order chi connectivity index (χ1) is 33.9. The summed E-state index contributed by atoms with van der Waals surface area (Å²) in [4.78, 5) is 101. The molecule has 4 amide bonds. The van der Waals surface area contributed by atoms with Crippen LogP contribution in [0.4, 0.5) is 0 Å². The highest BCUT2D eigenvalue weighted by molar-refractivity contribution is 8.01. The average Bonchev–Trinajstić information content (AvgIpc) is 3.98. The highest BCUT2D eigenvalue weighted by atomic mass is 32.2. The summed E-state index contributed by atoms with van der Waals surface area (Å²) >= 11 is 1.20. The predicted molar refractivity (Wildman–Crippen MR) is 239 cm³/mol. The number of carbonyl (C=O) groups is 7. The first-order valence-corrected chi connectivity index (χ1v) is 24.7. The summed E-state index contributed by atoms with van der Waals surface area (Å²) in [6.07, 6.45) is -5.65. The zero-order valence-corrected chi connectivity index (χ0v) is 39.9. The van der Waals surface area contributed by atoms with Gasteiger partial charge in [-0.2, -0.15) is 5.06 Å². The van der Waals surface area contributed by atoms with E-state index >= 15 is 0 Å². The lowest BCUT2D eigenvalue weighted by Crippen LogP contribution is -2.57. The number of fused-ring (bicyclic) bond motifs is 6. The number of amides is 4. The molecule has 6 fully saturated rings. The third-order valence-corrected chi connectivity index (χ3v) is 16.6. The van der Waals surface area contributed by atoms with Crippen LogP contribution < -0.4 is 4.74 Å². The van der Waals surface area contributed by atoms with Gasteiger partial charge in [0.1, 0.15) is 41.0 Å². The molecule has 2 aromatic carbocycles. The van der Waals surface area contributed by atoms with Crippen LogP contribution in [0.15, 0.2) is 18.2 Å². The highest BCUT2D eigenvalue weighted by Crippen LogP contribution is 2.53. The zero-order valence-electron chi connectivity index (χ0n) is 39.1. The van der Waals surface area contributed by atoms with E-state index < -0.39 is 137 Å². The normalized spacial score (nSPS) is 34.3. The molecule has 1 saturated carbocycles. The molecule has 0 bridgehead atoms. The van der Waals surface area contributed by atoms with E-state index in [2.05, 4.69) is 0 Å². The van der Waals surface area contributed by atoms with Crippen molar-refractivity contribution in [1.82, 2.24) is 14.9 Å². The number of Topliss-reactive ketones (excluding diaryl/α,β-unsaturated/α-hetero) is 1. The zero-order chi connectivity index (χ0) is 50.4. The van der Waals surface area contributed by atoms with Gasteiger partial charge in [-0.15, -0.1) is 11.8 Å². The van der Waals surface area contributed by atoms with Crippen LogP contribution in [0.25, 0.3) is 0 Å². The number of phenols is 2. The predicted octanol–water partition coefficient (Wildman–Crippen LogP) is 1.10. The number of hydrogen-bond donors (Lipinski definition) is 5. The van der Waals surface area contributed by atoms with E-state index in [9.17, 15) is 59.1 Å². The summed E-state index contributed by atoms with van der Waals surface area (Å²) < 4.78 is 36.9. The molecule has 2 aromatic rings. The van der Waals surface area contributed by atoms with Gasteiger partial charge in [0.05, 0.1) is 41.3 Å². The molecular formula is C48H55N3O19S. The molecule has 0 spiro atoms. The molecule has 3 unspecified atom stereocenters. The molecule has 5 heterocycles. The summed E-state index contributed by atoms with van der Waals surface area (Å²) in [6, 6.07) is 3.91. The second-order valence-electron chi connectivity index (χ2n) is 19.5. The van der Waals surface area contributed by atoms with Crippen molar-refractivity contribution in [2.24, 2.45) is 11.8 Å². The van der Waals surface area contributed by atoms with Crippen molar-refractivity contribution < 1.29 is 92.4 Å². The number of imide groups is 2. The van der Waals surface area contributed by atoms with Gasteiger partial charge in [-0.25, -0.2) is 4.84 Å². The number of phenolic OH excluding ortho intramolecular Hbond substituents is 2. The number of hydroxylamine groups is 2. The Kier molecular flexibility index (Phi) is 13.4. The standard InChI is InChI=1S/C48H55N3O19S/c1-20-43-25(13-33(66-20)67-27-16-48(63,29(53)19-52)15-24-36(27)42(60)38-37(40(24)58)39(57)23-5-4-6-26(64-2)35(23)41(38)59)49-18-34(68-47(65-3)45(49)69-43)71-28-14-32(56)50(44(28)61)17-21-7-9-22(10-8-21)46(62)70-51-30(54)11-12-31(51)55/h4-6,20-22,25,27-28,33-34,43,45-47,52,58,60,62-63H,7-19H2,1-3H3/t20-,21?,22?,25-,27-,28?,33-,34?,43+,45+,46?,47-,48-/m0/s1. The van der Waals surface area contributed by atoms with Gasteiger partial charge in [-0.1, -0.05) is 12.1 Å². The first kappa shape index (κ1) is 49.6. The Morgan fingerprint density at radius 3 is 2.34 bits per heavy atom. The lowest BCUT2D eigenvalue weighted by atomic mass is 9.72. The number of ether oxygens (including phenoxy) is 6. The lowest BCUT2D eigenvalue weighted by molar-refractivity contribution is -0.261. The van der Waals surface area contributed by atoms with Gasteiger partial charge < -0.3 is 54.0 Å². The number of hydrogen-bond acceptors (Lipinski definition) is 21. The minimum atomic E-state index is -2.34. The van der Waals surface area contributed by atoms with Crippen LogP contribution in [0, 0.1) is 11.8 Å². The van der Waals surface area contributed by atoms with Gasteiger partial charge in [0, 0.05) is 87.4 Å². The molecule has 5 N–H and O–H groups in total. The quantitative estimate of drug-likeness (QED) is 0.0910. The number of methoxy groups -OCH3 is 2. The lowest BCUT2D eigenvalue weighted by Gasteiger charge is -2.44. The number of ketones is 3. The molecule has 5 aliphatic heterocycles. The van der Waals surface area contributed by atoms with Crippen molar-refractivity contribution in [2.45, 2.75) is 137 Å². The van der Waals surface area contributed by atoms with Gasteiger partial charge in [0.25, 0.3) is 11.8 Å². The second-order valence-corrected chi connectivity index (χ2v) is 20.8. The molecule has 382 valence electrons. The van der Waals surface area contributed by atoms with E-state index in [-0.39, 0.29) is 90.4 Å². The first-order valence-electron chi connectivity index (χ1n) is 23.8. The van der Waals surface area contributed by atoms with Crippen LogP contribution in [0.1, 0.15) is 114 Å². The number of thioether (sulfide) groups is 1. The Morgan fingerprint density at radius 2 is 1.65 bits per heavy atom. The fraction of sp³-hybridized carbons (Fsp3) is 0.604. The van der Waals surface area contributed by atoms with Crippen LogP contribution in [-0.4, -0.2) is 175 Å². The van der Waals surface area contributed by atoms with Crippen molar-refractivity contribution in [2.75, 3.05) is 33.9 Å². The molecule has 5 saturated heterocycles. The molecule has 8 aliphatic rings. The Balaban J connectivity index is 0.833. The minimum absolute atomic E-state index is 0.0292. The Labute approximate surface area is 410 Å². The van der Waals surface area contributed by atoms with E-state index in [1.165, 1.54) is 49.1 Å². The van der Waals surface area contributed by atoms with E-state index in [1.807, 2.05) is 4.90 Å². The molecule has 0 radical (unpaired) electrons. The number of morpholine rings is 1. The topological polar surface area (TPSA) is 295 Å². The maximum Gasteiger partial charge on any atom is 0.254 e. The Hall–Kier alpha value is -4.92. The van der Waals surface area contributed by atoms with Crippen molar-refractivity contribution in [3.63, 3.8) is 0 Å². The van der Waals surface area contributed by atoms with Gasteiger partial charge >= 0.3 is 0 Å². The summed E-state index contributed by atoms with van der Waals surface area (Å²) in [6.45, 7) is 1.10. The third kappa shape index (κ3) is 8.55. The number of aromatic hydroxyl groups is 2. The van der Waals surface area contributed by atoms with Crippen LogP contribution >= 0.6 is 11.8 Å². The molecule has 3 aliphatic carbocycles. The third-order valence-electron chi connectivity index (χ3n) is 15.3. The molecule has 71 heavy (non-hydrogen) atoms. The van der Waals surface area contributed by atoms with E-state index in [0.29, 0.717) is 30.7 Å². The number of carbonyl (C=O) groups excluding carboxylic acids is 7. The van der Waals surface area contributed by atoms with E-state index in [0.717, 1.165) is 0 Å². The molecule has 10 rings (SSSR count).